The van der Waals surface area contributed by atoms with Gasteiger partial charge >= 0.3 is 0 Å². The van der Waals surface area contributed by atoms with Gasteiger partial charge < -0.3 is 4.74 Å². The first kappa shape index (κ1) is 12.3. The molecule has 3 nitrogen and oxygen atoms in total. The first-order valence-corrected chi connectivity index (χ1v) is 6.00. The summed E-state index contributed by atoms with van der Waals surface area (Å²) < 4.78 is 5.32. The lowest BCUT2D eigenvalue weighted by atomic mass is 10.2. The lowest BCUT2D eigenvalue weighted by Gasteiger charge is -2.05. The molecule has 0 spiro atoms. The van der Waals surface area contributed by atoms with E-state index in [1.165, 1.54) is 0 Å². The zero-order valence-corrected chi connectivity index (χ0v) is 10.3. The highest BCUT2D eigenvalue weighted by atomic mass is 32.1. The summed E-state index contributed by atoms with van der Waals surface area (Å²) in [5.74, 6) is 0.199. The van der Waals surface area contributed by atoms with Gasteiger partial charge in [0.05, 0.1) is 19.1 Å². The number of Topliss-reactive ketones (excluding diaryl/α,β-unsaturated/α-hetero) is 1. The van der Waals surface area contributed by atoms with Gasteiger partial charge in [0.1, 0.15) is 10.8 Å². The van der Waals surface area contributed by atoms with Gasteiger partial charge in [-0.25, -0.2) is 4.98 Å². The van der Waals surface area contributed by atoms with Crippen LogP contribution < -0.4 is 0 Å². The molecule has 84 valence electrons. The number of aryl methyl sites for hydroxylation is 1. The Kier molecular flexibility index (Phi) is 4.91. The molecule has 0 fully saturated rings. The molecule has 0 atom stereocenters. The standard InChI is InChI=1S/C11H17NO2S/c1-8(2)14-5-4-10(13)6-11-12-9(3)7-15-11/h7-8H,4-6H2,1-3H3. The summed E-state index contributed by atoms with van der Waals surface area (Å²) in [6, 6.07) is 0. The number of ketones is 1. The Morgan fingerprint density at radius 2 is 2.33 bits per heavy atom. The molecule has 0 amide bonds. The number of rotatable bonds is 6. The molecule has 0 saturated heterocycles. The van der Waals surface area contributed by atoms with Crippen molar-refractivity contribution in [1.29, 1.82) is 0 Å². The summed E-state index contributed by atoms with van der Waals surface area (Å²) in [5.41, 5.74) is 0.987. The molecule has 0 aromatic carbocycles. The number of thiazole rings is 1. The monoisotopic (exact) mass is 227 g/mol. The molecule has 0 saturated carbocycles. The van der Waals surface area contributed by atoms with E-state index in [0.29, 0.717) is 19.4 Å². The van der Waals surface area contributed by atoms with Gasteiger partial charge in [0.15, 0.2) is 0 Å². The lowest BCUT2D eigenvalue weighted by Crippen LogP contribution is -2.10. The summed E-state index contributed by atoms with van der Waals surface area (Å²) in [7, 11) is 0. The Hall–Kier alpha value is -0.740. The molecule has 0 aliphatic rings. The maximum atomic E-state index is 11.5. The molecule has 0 radical (unpaired) electrons. The molecule has 0 bridgehead atoms. The van der Waals surface area contributed by atoms with Crippen molar-refractivity contribution < 1.29 is 9.53 Å². The number of aromatic nitrogens is 1. The molecule has 1 heterocycles. The van der Waals surface area contributed by atoms with Crippen LogP contribution in [-0.4, -0.2) is 23.5 Å². The number of ether oxygens (including phenoxy) is 1. The molecular formula is C11H17NO2S. The maximum absolute atomic E-state index is 11.5. The average molecular weight is 227 g/mol. The fraction of sp³-hybridized carbons (Fsp3) is 0.636. The number of carbonyl (C=O) groups is 1. The van der Waals surface area contributed by atoms with Gasteiger partial charge in [-0.05, 0) is 20.8 Å². The van der Waals surface area contributed by atoms with Crippen LogP contribution >= 0.6 is 11.3 Å². The minimum atomic E-state index is 0.194. The summed E-state index contributed by atoms with van der Waals surface area (Å²) >= 11 is 1.54. The van der Waals surface area contributed by atoms with Gasteiger partial charge in [-0.3, -0.25) is 4.79 Å². The minimum Gasteiger partial charge on any atom is -0.378 e. The largest absolute Gasteiger partial charge is 0.378 e. The summed E-state index contributed by atoms with van der Waals surface area (Å²) in [6.45, 7) is 6.39. The van der Waals surface area contributed by atoms with Crippen molar-refractivity contribution in [2.75, 3.05) is 6.61 Å². The molecule has 1 rings (SSSR count). The molecule has 1 aromatic heterocycles. The zero-order valence-electron chi connectivity index (χ0n) is 9.45. The summed E-state index contributed by atoms with van der Waals surface area (Å²) in [6.07, 6.45) is 1.12. The minimum absolute atomic E-state index is 0.194. The molecular weight excluding hydrogens is 210 g/mol. The van der Waals surface area contributed by atoms with E-state index in [1.54, 1.807) is 11.3 Å². The predicted octanol–water partition coefficient (Wildman–Crippen LogP) is 2.38. The Bertz CT molecular complexity index is 320. The van der Waals surface area contributed by atoms with Crippen LogP contribution in [0.4, 0.5) is 0 Å². The van der Waals surface area contributed by atoms with Crippen LogP contribution in [0.1, 0.15) is 31.0 Å². The second-order valence-corrected chi connectivity index (χ2v) is 4.71. The lowest BCUT2D eigenvalue weighted by molar-refractivity contribution is -0.119. The molecule has 1 aromatic rings. The fourth-order valence-electron chi connectivity index (χ4n) is 1.15. The molecule has 4 heteroatoms. The Balaban J connectivity index is 2.24. The third kappa shape index (κ3) is 5.04. The Morgan fingerprint density at radius 3 is 2.87 bits per heavy atom. The van der Waals surface area contributed by atoms with Crippen molar-refractivity contribution in [3.05, 3.63) is 16.1 Å². The van der Waals surface area contributed by atoms with Crippen molar-refractivity contribution in [3.63, 3.8) is 0 Å². The van der Waals surface area contributed by atoms with Gasteiger partial charge in [-0.2, -0.15) is 0 Å². The molecule has 0 N–H and O–H groups in total. The fourth-order valence-corrected chi connectivity index (χ4v) is 1.95. The number of hydrogen-bond acceptors (Lipinski definition) is 4. The second-order valence-electron chi connectivity index (χ2n) is 3.77. The number of hydrogen-bond donors (Lipinski definition) is 0. The van der Waals surface area contributed by atoms with E-state index in [0.717, 1.165) is 10.7 Å². The maximum Gasteiger partial charge on any atom is 0.141 e. The number of nitrogens with zero attached hydrogens (tertiary/aromatic N) is 1. The van der Waals surface area contributed by atoms with E-state index >= 15 is 0 Å². The van der Waals surface area contributed by atoms with E-state index in [2.05, 4.69) is 4.98 Å². The average Bonchev–Trinajstić information content (AvgIpc) is 2.50. The van der Waals surface area contributed by atoms with Crippen LogP contribution in [0.15, 0.2) is 5.38 Å². The van der Waals surface area contributed by atoms with Gasteiger partial charge in [-0.1, -0.05) is 0 Å². The first-order valence-electron chi connectivity index (χ1n) is 5.12. The smallest absolute Gasteiger partial charge is 0.141 e. The molecule has 0 aliphatic carbocycles. The van der Waals surface area contributed by atoms with Crippen molar-refractivity contribution in [2.45, 2.75) is 39.7 Å². The van der Waals surface area contributed by atoms with E-state index in [-0.39, 0.29) is 11.9 Å². The van der Waals surface area contributed by atoms with Crippen LogP contribution in [0.2, 0.25) is 0 Å². The van der Waals surface area contributed by atoms with Crippen LogP contribution in [0.5, 0.6) is 0 Å². The van der Waals surface area contributed by atoms with Gasteiger partial charge in [0, 0.05) is 17.5 Å². The topological polar surface area (TPSA) is 39.2 Å². The van der Waals surface area contributed by atoms with Gasteiger partial charge in [0.25, 0.3) is 0 Å². The van der Waals surface area contributed by atoms with E-state index < -0.39 is 0 Å². The van der Waals surface area contributed by atoms with Crippen LogP contribution in [0, 0.1) is 6.92 Å². The van der Waals surface area contributed by atoms with Crippen LogP contribution in [0.25, 0.3) is 0 Å². The zero-order chi connectivity index (χ0) is 11.3. The van der Waals surface area contributed by atoms with E-state index in [4.69, 9.17) is 4.74 Å². The first-order chi connectivity index (χ1) is 7.08. The van der Waals surface area contributed by atoms with Crippen LogP contribution in [0.3, 0.4) is 0 Å². The molecule has 0 aliphatic heterocycles. The normalized spacial score (nSPS) is 10.9. The van der Waals surface area contributed by atoms with Crippen molar-refractivity contribution in [1.82, 2.24) is 4.98 Å². The van der Waals surface area contributed by atoms with Crippen molar-refractivity contribution in [2.24, 2.45) is 0 Å². The van der Waals surface area contributed by atoms with Gasteiger partial charge in [-0.15, -0.1) is 11.3 Å². The molecule has 15 heavy (non-hydrogen) atoms. The second kappa shape index (κ2) is 5.98. The summed E-state index contributed by atoms with van der Waals surface area (Å²) in [4.78, 5) is 15.7. The highest BCUT2D eigenvalue weighted by Crippen LogP contribution is 2.10. The third-order valence-corrected chi connectivity index (χ3v) is 2.81. The van der Waals surface area contributed by atoms with Crippen molar-refractivity contribution >= 4 is 17.1 Å². The number of carbonyl (C=O) groups excluding carboxylic acids is 1. The quantitative estimate of drug-likeness (QED) is 0.749. The predicted molar refractivity (Wildman–Crippen MR) is 61.3 cm³/mol. The van der Waals surface area contributed by atoms with Gasteiger partial charge in [0.2, 0.25) is 0 Å². The SMILES string of the molecule is Cc1csc(CC(=O)CCOC(C)C)n1. The van der Waals surface area contributed by atoms with Crippen molar-refractivity contribution in [3.8, 4) is 0 Å². The van der Waals surface area contributed by atoms with Crippen LogP contribution in [-0.2, 0) is 16.0 Å². The third-order valence-electron chi connectivity index (χ3n) is 1.85. The van der Waals surface area contributed by atoms with E-state index in [9.17, 15) is 4.79 Å². The summed E-state index contributed by atoms with van der Waals surface area (Å²) in [5, 5.41) is 2.87. The Labute approximate surface area is 94.5 Å². The molecule has 0 unspecified atom stereocenters. The highest BCUT2D eigenvalue weighted by Gasteiger charge is 2.07. The van der Waals surface area contributed by atoms with E-state index in [1.807, 2.05) is 26.2 Å². The Morgan fingerprint density at radius 1 is 1.60 bits per heavy atom. The highest BCUT2D eigenvalue weighted by molar-refractivity contribution is 7.09.